The first-order valence-corrected chi connectivity index (χ1v) is 11.4. The molecule has 5 heteroatoms. The fourth-order valence-corrected chi connectivity index (χ4v) is 6.47. The number of rotatable bonds is 5. The van der Waals surface area contributed by atoms with Gasteiger partial charge in [0.1, 0.15) is 5.75 Å². The lowest BCUT2D eigenvalue weighted by atomic mass is 9.49. The van der Waals surface area contributed by atoms with Gasteiger partial charge >= 0.3 is 0 Å². The van der Waals surface area contributed by atoms with Gasteiger partial charge in [0.25, 0.3) is 5.91 Å². The zero-order chi connectivity index (χ0) is 21.6. The Balaban J connectivity index is 1.19. The van der Waals surface area contributed by atoms with Crippen LogP contribution in [0.3, 0.4) is 0 Å². The van der Waals surface area contributed by atoms with E-state index in [9.17, 15) is 14.7 Å². The van der Waals surface area contributed by atoms with E-state index in [1.54, 1.807) is 24.3 Å². The number of hydrogen-bond donors (Lipinski definition) is 3. The van der Waals surface area contributed by atoms with Crippen molar-refractivity contribution in [2.75, 3.05) is 5.32 Å². The first kappa shape index (κ1) is 20.1. The molecule has 3 N–H and O–H groups in total. The molecule has 4 fully saturated rings. The van der Waals surface area contributed by atoms with Crippen molar-refractivity contribution < 1.29 is 14.7 Å². The SMILES string of the molecule is Cc1ccc(NC(=O)c2ccc(CNC(=O)C34CC5CC(CC(C5)C3)C4)cc2)c(O)c1. The van der Waals surface area contributed by atoms with Gasteiger partial charge in [-0.15, -0.1) is 0 Å². The molecule has 4 aliphatic carbocycles. The van der Waals surface area contributed by atoms with Crippen LogP contribution >= 0.6 is 0 Å². The maximum absolute atomic E-state index is 13.1. The molecule has 0 unspecified atom stereocenters. The molecule has 6 rings (SSSR count). The van der Waals surface area contributed by atoms with Crippen LogP contribution in [-0.2, 0) is 11.3 Å². The normalized spacial score (nSPS) is 28.4. The number of aryl methyl sites for hydroxylation is 1. The maximum atomic E-state index is 13.1. The Morgan fingerprint density at radius 1 is 0.968 bits per heavy atom. The van der Waals surface area contributed by atoms with E-state index < -0.39 is 0 Å². The van der Waals surface area contributed by atoms with Crippen LogP contribution in [0, 0.1) is 30.1 Å². The van der Waals surface area contributed by atoms with E-state index in [0.29, 0.717) is 17.8 Å². The van der Waals surface area contributed by atoms with E-state index in [0.717, 1.165) is 48.1 Å². The molecule has 2 aromatic carbocycles. The predicted octanol–water partition coefficient (Wildman–Crippen LogP) is 4.79. The zero-order valence-electron chi connectivity index (χ0n) is 18.0. The lowest BCUT2D eigenvalue weighted by molar-refractivity contribution is -0.146. The average Bonchev–Trinajstić information content (AvgIpc) is 2.73. The lowest BCUT2D eigenvalue weighted by Crippen LogP contribution is -2.53. The molecule has 0 aliphatic heterocycles. The predicted molar refractivity (Wildman–Crippen MR) is 120 cm³/mol. The molecule has 0 spiro atoms. The molecule has 0 atom stereocenters. The Morgan fingerprint density at radius 3 is 2.16 bits per heavy atom. The van der Waals surface area contributed by atoms with Crippen molar-refractivity contribution in [3.63, 3.8) is 0 Å². The molecule has 2 amide bonds. The molecular weight excluding hydrogens is 388 g/mol. The quantitative estimate of drug-likeness (QED) is 0.611. The number of amides is 2. The van der Waals surface area contributed by atoms with E-state index in [1.165, 1.54) is 19.3 Å². The van der Waals surface area contributed by atoms with Crippen LogP contribution in [-0.4, -0.2) is 16.9 Å². The summed E-state index contributed by atoms with van der Waals surface area (Å²) in [4.78, 5) is 25.6. The minimum atomic E-state index is -0.275. The van der Waals surface area contributed by atoms with Gasteiger partial charge in [-0.3, -0.25) is 9.59 Å². The average molecular weight is 419 g/mol. The number of aromatic hydroxyl groups is 1. The molecule has 162 valence electrons. The summed E-state index contributed by atoms with van der Waals surface area (Å²) < 4.78 is 0. The Morgan fingerprint density at radius 2 is 1.58 bits per heavy atom. The zero-order valence-corrected chi connectivity index (χ0v) is 18.0. The summed E-state index contributed by atoms with van der Waals surface area (Å²) in [6.07, 6.45) is 7.19. The van der Waals surface area contributed by atoms with Gasteiger partial charge in [0.2, 0.25) is 5.91 Å². The van der Waals surface area contributed by atoms with Gasteiger partial charge < -0.3 is 15.7 Å². The second-order valence-electron chi connectivity index (χ2n) is 10.1. The summed E-state index contributed by atoms with van der Waals surface area (Å²) >= 11 is 0. The third-order valence-electron chi connectivity index (χ3n) is 7.59. The minimum absolute atomic E-state index is 0.0531. The molecule has 0 aromatic heterocycles. The fraction of sp³-hybridized carbons (Fsp3) is 0.462. The third-order valence-corrected chi connectivity index (χ3v) is 7.59. The number of hydrogen-bond acceptors (Lipinski definition) is 3. The van der Waals surface area contributed by atoms with E-state index in [-0.39, 0.29) is 23.0 Å². The van der Waals surface area contributed by atoms with Gasteiger partial charge in [-0.05, 0) is 98.6 Å². The van der Waals surface area contributed by atoms with Crippen LogP contribution in [0.5, 0.6) is 5.75 Å². The third kappa shape index (κ3) is 3.93. The summed E-state index contributed by atoms with van der Waals surface area (Å²) in [7, 11) is 0. The fourth-order valence-electron chi connectivity index (χ4n) is 6.47. The summed E-state index contributed by atoms with van der Waals surface area (Å²) in [5.41, 5.74) is 2.67. The number of anilines is 1. The summed E-state index contributed by atoms with van der Waals surface area (Å²) in [5.74, 6) is 2.26. The van der Waals surface area contributed by atoms with Crippen LogP contribution in [0.4, 0.5) is 5.69 Å². The Bertz CT molecular complexity index is 977. The van der Waals surface area contributed by atoms with Gasteiger partial charge in [0.15, 0.2) is 0 Å². The number of carbonyl (C=O) groups excluding carboxylic acids is 2. The number of carbonyl (C=O) groups is 2. The van der Waals surface area contributed by atoms with Gasteiger partial charge in [-0.2, -0.15) is 0 Å². The smallest absolute Gasteiger partial charge is 0.255 e. The molecule has 4 aliphatic rings. The lowest BCUT2D eigenvalue weighted by Gasteiger charge is -2.55. The second kappa shape index (κ2) is 7.70. The Kier molecular flexibility index (Phi) is 4.99. The van der Waals surface area contributed by atoms with Gasteiger partial charge in [-0.1, -0.05) is 18.2 Å². The van der Waals surface area contributed by atoms with Crippen molar-refractivity contribution >= 4 is 17.5 Å². The van der Waals surface area contributed by atoms with Crippen LogP contribution in [0.1, 0.15) is 60.0 Å². The number of nitrogens with one attached hydrogen (secondary N) is 2. The van der Waals surface area contributed by atoms with E-state index in [4.69, 9.17) is 0 Å². The maximum Gasteiger partial charge on any atom is 0.255 e. The highest BCUT2D eigenvalue weighted by atomic mass is 16.3. The number of phenols is 1. The standard InChI is InChI=1S/C26H30N2O3/c1-16-2-7-22(23(29)8-16)28-24(30)21-5-3-17(4-6-21)15-27-25(31)26-12-18-9-19(13-26)11-20(10-18)14-26/h2-8,18-20,29H,9-15H2,1H3,(H,27,31)(H,28,30). The monoisotopic (exact) mass is 418 g/mol. The highest BCUT2D eigenvalue weighted by molar-refractivity contribution is 6.05. The highest BCUT2D eigenvalue weighted by Crippen LogP contribution is 2.60. The first-order valence-electron chi connectivity index (χ1n) is 11.4. The summed E-state index contributed by atoms with van der Waals surface area (Å²) in [6.45, 7) is 2.37. The van der Waals surface area contributed by atoms with Gasteiger partial charge in [-0.25, -0.2) is 0 Å². The Labute approximate surface area is 183 Å². The first-order chi connectivity index (χ1) is 14.9. The van der Waals surface area contributed by atoms with E-state index in [1.807, 2.05) is 25.1 Å². The Hall–Kier alpha value is -2.82. The van der Waals surface area contributed by atoms with E-state index >= 15 is 0 Å². The van der Waals surface area contributed by atoms with Crippen molar-refractivity contribution in [1.29, 1.82) is 0 Å². The highest BCUT2D eigenvalue weighted by Gasteiger charge is 2.54. The van der Waals surface area contributed by atoms with Crippen LogP contribution in [0.25, 0.3) is 0 Å². The topological polar surface area (TPSA) is 78.4 Å². The molecule has 5 nitrogen and oxygen atoms in total. The van der Waals surface area contributed by atoms with Crippen molar-refractivity contribution in [1.82, 2.24) is 5.32 Å². The largest absolute Gasteiger partial charge is 0.506 e. The molecule has 0 heterocycles. The molecule has 0 radical (unpaired) electrons. The van der Waals surface area contributed by atoms with E-state index in [2.05, 4.69) is 10.6 Å². The van der Waals surface area contributed by atoms with Crippen molar-refractivity contribution in [3.05, 3.63) is 59.2 Å². The van der Waals surface area contributed by atoms with Gasteiger partial charge in [0.05, 0.1) is 5.69 Å². The number of benzene rings is 2. The van der Waals surface area contributed by atoms with Crippen LogP contribution in [0.15, 0.2) is 42.5 Å². The molecule has 2 aromatic rings. The molecule has 31 heavy (non-hydrogen) atoms. The summed E-state index contributed by atoms with van der Waals surface area (Å²) in [5, 5.41) is 15.9. The van der Waals surface area contributed by atoms with Crippen LogP contribution < -0.4 is 10.6 Å². The molecule has 4 saturated carbocycles. The molecular formula is C26H30N2O3. The van der Waals surface area contributed by atoms with Crippen molar-refractivity contribution in [2.24, 2.45) is 23.2 Å². The van der Waals surface area contributed by atoms with Crippen molar-refractivity contribution in [2.45, 2.75) is 52.0 Å². The second-order valence-corrected chi connectivity index (χ2v) is 10.1. The number of phenolic OH excluding ortho intramolecular Hbond substituents is 1. The molecule has 4 bridgehead atoms. The minimum Gasteiger partial charge on any atom is -0.506 e. The van der Waals surface area contributed by atoms with Gasteiger partial charge in [0, 0.05) is 17.5 Å². The summed E-state index contributed by atoms with van der Waals surface area (Å²) in [6, 6.07) is 12.4. The van der Waals surface area contributed by atoms with Crippen molar-refractivity contribution in [3.8, 4) is 5.75 Å². The molecule has 0 saturated heterocycles. The van der Waals surface area contributed by atoms with Crippen LogP contribution in [0.2, 0.25) is 0 Å².